The molecule has 0 amide bonds. The molecule has 1 saturated heterocycles. The molecule has 1 aliphatic heterocycles. The van der Waals surface area contributed by atoms with Crippen molar-refractivity contribution >= 4 is 99.4 Å². The Morgan fingerprint density at radius 2 is 1.25 bits per heavy atom. The zero-order valence-corrected chi connectivity index (χ0v) is 36.7. The Morgan fingerprint density at radius 1 is 0.714 bits per heavy atom. The van der Waals surface area contributed by atoms with Crippen molar-refractivity contribution in [3.63, 3.8) is 0 Å². The van der Waals surface area contributed by atoms with E-state index in [-0.39, 0.29) is 66.4 Å². The van der Waals surface area contributed by atoms with Crippen molar-refractivity contribution in [3.8, 4) is 11.3 Å². The number of aryl methyl sites for hydroxylation is 2. The maximum atomic E-state index is 14.0. The summed E-state index contributed by atoms with van der Waals surface area (Å²) in [5.74, 6) is -0.872. The van der Waals surface area contributed by atoms with Gasteiger partial charge in [-0.3, -0.25) is 14.5 Å². The molecule has 0 bridgehead atoms. The third kappa shape index (κ3) is 13.2. The molecular weight excluding hydrogens is 935 g/mol. The number of nitrogens with one attached hydrogen (secondary N) is 1. The molecule has 0 aliphatic carbocycles. The fourth-order valence-corrected chi connectivity index (χ4v) is 6.32. The maximum Gasteiger partial charge on any atom is 1.00 e. The fraction of sp³-hybridized carbons (Fsp3) is 0.194. The van der Waals surface area contributed by atoms with Crippen LogP contribution in [-0.4, -0.2) is 62.9 Å². The minimum absolute atomic E-state index is 0. The molecule has 0 saturated carbocycles. The van der Waals surface area contributed by atoms with Crippen LogP contribution in [0.4, 0.5) is 13.2 Å². The van der Waals surface area contributed by atoms with Gasteiger partial charge in [0.2, 0.25) is 10.6 Å². The van der Waals surface area contributed by atoms with Gasteiger partial charge in [-0.25, -0.2) is 33.1 Å². The van der Waals surface area contributed by atoms with E-state index >= 15 is 0 Å². The van der Waals surface area contributed by atoms with Crippen LogP contribution in [0.2, 0.25) is 15.7 Å². The Bertz CT molecular complexity index is 2490. The molecule has 0 radical (unpaired) electrons. The SMILES string of the molecule is C.C1CCOC1.Clc1ccnc(Cl)n1.Cn1ncc2cc(-c3ccnc(Cl)n3)cc(F)c21.Cn1ncc2cc(Br)cc(F)c21.Fc1cc(Br)cc2cn[nH]c12.[H-].[Na+]. The van der Waals surface area contributed by atoms with Gasteiger partial charge in [0, 0.05) is 70.4 Å². The topological polar surface area (TPSA) is 125 Å². The van der Waals surface area contributed by atoms with Gasteiger partial charge >= 0.3 is 29.6 Å². The van der Waals surface area contributed by atoms with Gasteiger partial charge in [0.15, 0.2) is 0 Å². The summed E-state index contributed by atoms with van der Waals surface area (Å²) in [5, 5.41) is 17.3. The van der Waals surface area contributed by atoms with Crippen LogP contribution in [0.3, 0.4) is 0 Å². The summed E-state index contributed by atoms with van der Waals surface area (Å²) in [6.45, 7) is 2.00. The van der Waals surface area contributed by atoms with Crippen LogP contribution in [0.15, 0.2) is 88.5 Å². The van der Waals surface area contributed by atoms with Crippen LogP contribution in [0, 0.1) is 17.5 Å². The molecule has 20 heteroatoms. The van der Waals surface area contributed by atoms with Crippen LogP contribution < -0.4 is 29.6 Å². The molecular formula is C36H33Br2Cl3F3N10NaO. The third-order valence-electron chi connectivity index (χ3n) is 7.34. The molecule has 9 rings (SSSR count). The Morgan fingerprint density at radius 3 is 1.79 bits per heavy atom. The molecule has 0 spiro atoms. The van der Waals surface area contributed by atoms with E-state index in [0.29, 0.717) is 33.0 Å². The predicted octanol–water partition coefficient (Wildman–Crippen LogP) is 8.10. The summed E-state index contributed by atoms with van der Waals surface area (Å²) in [6, 6.07) is 13.0. The number of H-pyrrole nitrogens is 1. The first-order valence-electron chi connectivity index (χ1n) is 15.8. The van der Waals surface area contributed by atoms with Crippen LogP contribution in [-0.2, 0) is 18.8 Å². The zero-order valence-electron chi connectivity index (χ0n) is 30.3. The molecule has 1 aliphatic rings. The Kier molecular flexibility index (Phi) is 19.1. The number of hydrogen-bond donors (Lipinski definition) is 1. The number of hydrogen-bond acceptors (Lipinski definition) is 8. The summed E-state index contributed by atoms with van der Waals surface area (Å²) < 4.78 is 49.7. The molecule has 11 nitrogen and oxygen atoms in total. The van der Waals surface area contributed by atoms with Gasteiger partial charge in [-0.1, -0.05) is 50.9 Å². The van der Waals surface area contributed by atoms with Gasteiger partial charge in [0.05, 0.1) is 24.3 Å². The summed E-state index contributed by atoms with van der Waals surface area (Å²) in [6.07, 6.45) is 10.4. The number of nitrogens with zero attached hydrogens (tertiary/aromatic N) is 9. The smallest absolute Gasteiger partial charge is 1.00 e. The van der Waals surface area contributed by atoms with E-state index in [1.165, 1.54) is 52.8 Å². The predicted molar refractivity (Wildman–Crippen MR) is 219 cm³/mol. The van der Waals surface area contributed by atoms with Crippen molar-refractivity contribution in [2.75, 3.05) is 13.2 Å². The molecule has 0 atom stereocenters. The number of rotatable bonds is 1. The van der Waals surface area contributed by atoms with Crippen LogP contribution >= 0.6 is 66.7 Å². The first-order valence-corrected chi connectivity index (χ1v) is 18.5. The van der Waals surface area contributed by atoms with Crippen LogP contribution in [0.25, 0.3) is 44.0 Å². The van der Waals surface area contributed by atoms with Crippen molar-refractivity contribution in [2.45, 2.75) is 20.3 Å². The van der Waals surface area contributed by atoms with Gasteiger partial charge in [0.25, 0.3) is 0 Å². The molecule has 1 fully saturated rings. The second-order valence-electron chi connectivity index (χ2n) is 11.2. The molecule has 8 aromatic rings. The Hall–Kier alpha value is -3.19. The third-order valence-corrected chi connectivity index (χ3v) is 8.84. The Labute approximate surface area is 375 Å². The summed E-state index contributed by atoms with van der Waals surface area (Å²) in [7, 11) is 3.42. The van der Waals surface area contributed by atoms with Gasteiger partial charge in [-0.2, -0.15) is 15.3 Å². The number of halogens is 8. The second-order valence-corrected chi connectivity index (χ2v) is 14.1. The van der Waals surface area contributed by atoms with E-state index in [2.05, 4.69) is 72.2 Å². The minimum Gasteiger partial charge on any atom is -1.00 e. The van der Waals surface area contributed by atoms with Gasteiger partial charge < -0.3 is 6.16 Å². The largest absolute Gasteiger partial charge is 1.00 e. The number of aromatic nitrogens is 10. The second kappa shape index (κ2) is 22.7. The average molecular weight is 968 g/mol. The van der Waals surface area contributed by atoms with Gasteiger partial charge in [0.1, 0.15) is 39.2 Å². The molecule has 6 heterocycles. The molecule has 290 valence electrons. The van der Waals surface area contributed by atoms with Gasteiger partial charge in [-0.15, -0.1) is 0 Å². The van der Waals surface area contributed by atoms with E-state index in [1.54, 1.807) is 44.8 Å². The summed E-state index contributed by atoms with van der Waals surface area (Å²) >= 11 is 22.9. The normalized spacial score (nSPS) is 11.5. The van der Waals surface area contributed by atoms with Crippen molar-refractivity contribution < 1.29 is 48.9 Å². The number of benzene rings is 3. The van der Waals surface area contributed by atoms with Crippen molar-refractivity contribution in [1.82, 2.24) is 49.7 Å². The fourth-order valence-electron chi connectivity index (χ4n) is 4.95. The molecule has 5 aromatic heterocycles. The number of ether oxygens (including phenoxy) is 1. The van der Waals surface area contributed by atoms with E-state index in [1.807, 2.05) is 18.2 Å². The molecule has 0 unspecified atom stereocenters. The quantitative estimate of drug-likeness (QED) is 0.0995. The zero-order chi connectivity index (χ0) is 38.8. The van der Waals surface area contributed by atoms with Gasteiger partial charge in [-0.05, 0) is 84.6 Å². The van der Waals surface area contributed by atoms with E-state index in [9.17, 15) is 13.2 Å². The standard InChI is InChI=1S/C12H8ClFN4.C8H6BrFN2.C7H4BrFN2.C4H2Cl2N2.C4H8O.CH4.Na.H/c1-18-11-8(6-16-18)4-7(5-9(11)14)10-2-3-15-12(13)17-10;1-12-8-5(4-11-12)2-6(9)3-7(8)10;8-5-1-4-3-10-11-7(4)6(9)2-5;5-3-1-2-7-4(6)8-3;1-2-4-5-3-1;;;/h2-6H,1H3;2-4H,1H3;1-3H,(H,10,11);1-2H;1-4H2;1H4;;/q;;;;;;+1;-1. The monoisotopic (exact) mass is 964 g/mol. The van der Waals surface area contributed by atoms with Crippen molar-refractivity contribution in [2.24, 2.45) is 14.1 Å². The first kappa shape index (κ1) is 47.2. The number of fused-ring (bicyclic) bond motifs is 3. The van der Waals surface area contributed by atoms with E-state index in [0.717, 1.165) is 38.3 Å². The van der Waals surface area contributed by atoms with Crippen LogP contribution in [0.1, 0.15) is 21.7 Å². The average Bonchev–Trinajstić information content (AvgIpc) is 3.95. The summed E-state index contributed by atoms with van der Waals surface area (Å²) in [4.78, 5) is 15.1. The first-order chi connectivity index (χ1) is 25.9. The molecule has 56 heavy (non-hydrogen) atoms. The number of aromatic amines is 1. The molecule has 1 N–H and O–H groups in total. The van der Waals surface area contributed by atoms with Crippen molar-refractivity contribution in [3.05, 3.63) is 122 Å². The van der Waals surface area contributed by atoms with E-state index < -0.39 is 0 Å². The van der Waals surface area contributed by atoms with E-state index in [4.69, 9.17) is 39.5 Å². The molecule has 3 aromatic carbocycles. The summed E-state index contributed by atoms with van der Waals surface area (Å²) in [5.41, 5.74) is 2.70. The van der Waals surface area contributed by atoms with Crippen molar-refractivity contribution in [1.29, 1.82) is 0 Å². The minimum atomic E-state index is -0.336. The van der Waals surface area contributed by atoms with Crippen LogP contribution in [0.5, 0.6) is 0 Å². The Balaban J connectivity index is 0.000000256. The maximum absolute atomic E-state index is 14.0.